The highest BCUT2D eigenvalue weighted by atomic mass is 79.9. The molecule has 0 aliphatic rings. The molecule has 0 saturated heterocycles. The van der Waals surface area contributed by atoms with Crippen molar-refractivity contribution < 1.29 is 9.13 Å². The highest BCUT2D eigenvalue weighted by Crippen LogP contribution is 2.35. The third kappa shape index (κ3) is 3.22. The topological polar surface area (TPSA) is 21.3 Å². The summed E-state index contributed by atoms with van der Waals surface area (Å²) in [5.74, 6) is 0.366. The first kappa shape index (κ1) is 15.5. The lowest BCUT2D eigenvalue weighted by Crippen LogP contribution is -2.19. The Morgan fingerprint density at radius 1 is 1.10 bits per heavy atom. The van der Waals surface area contributed by atoms with Crippen LogP contribution in [0, 0.1) is 5.82 Å². The molecule has 1 atom stereocenters. The molecular formula is C15H14Br2FNO. The summed E-state index contributed by atoms with van der Waals surface area (Å²) in [6.45, 7) is 0. The monoisotopic (exact) mass is 401 g/mol. The summed E-state index contributed by atoms with van der Waals surface area (Å²) in [6, 6.07) is 10.3. The molecule has 5 heteroatoms. The summed E-state index contributed by atoms with van der Waals surface area (Å²) >= 11 is 7.00. The maximum atomic E-state index is 13.6. The van der Waals surface area contributed by atoms with Gasteiger partial charge in [-0.1, -0.05) is 31.9 Å². The normalized spacial score (nSPS) is 12.2. The molecule has 0 aliphatic carbocycles. The molecule has 1 unspecified atom stereocenters. The van der Waals surface area contributed by atoms with Crippen molar-refractivity contribution in [2.75, 3.05) is 14.2 Å². The Kier molecular flexibility index (Phi) is 5.18. The van der Waals surface area contributed by atoms with Crippen LogP contribution < -0.4 is 10.1 Å². The molecular weight excluding hydrogens is 389 g/mol. The Morgan fingerprint density at radius 2 is 1.85 bits per heavy atom. The van der Waals surface area contributed by atoms with Gasteiger partial charge in [-0.15, -0.1) is 0 Å². The van der Waals surface area contributed by atoms with Gasteiger partial charge in [0.25, 0.3) is 0 Å². The third-order valence-electron chi connectivity index (χ3n) is 3.06. The van der Waals surface area contributed by atoms with Crippen molar-refractivity contribution in [1.29, 1.82) is 0 Å². The van der Waals surface area contributed by atoms with Crippen molar-refractivity contribution in [3.8, 4) is 5.75 Å². The van der Waals surface area contributed by atoms with Crippen LogP contribution in [0.4, 0.5) is 4.39 Å². The first-order valence-corrected chi connectivity index (χ1v) is 7.61. The molecule has 0 aromatic heterocycles. The molecule has 2 aromatic carbocycles. The number of hydrogen-bond acceptors (Lipinski definition) is 2. The lowest BCUT2D eigenvalue weighted by Gasteiger charge is -2.21. The predicted molar refractivity (Wildman–Crippen MR) is 85.7 cm³/mol. The smallest absolute Gasteiger partial charge is 0.124 e. The molecule has 2 nitrogen and oxygen atoms in total. The second-order valence-corrected chi connectivity index (χ2v) is 6.04. The van der Waals surface area contributed by atoms with Crippen LogP contribution in [0.25, 0.3) is 0 Å². The number of methoxy groups -OCH3 is 1. The average molecular weight is 403 g/mol. The molecule has 0 aliphatic heterocycles. The molecule has 2 rings (SSSR count). The summed E-state index contributed by atoms with van der Waals surface area (Å²) in [7, 11) is 3.42. The molecule has 0 spiro atoms. The molecule has 2 aromatic rings. The van der Waals surface area contributed by atoms with Crippen LogP contribution in [0.15, 0.2) is 45.3 Å². The van der Waals surface area contributed by atoms with E-state index >= 15 is 0 Å². The molecule has 0 heterocycles. The van der Waals surface area contributed by atoms with Gasteiger partial charge in [0.05, 0.1) is 13.2 Å². The molecule has 0 saturated carbocycles. The minimum atomic E-state index is -0.285. The average Bonchev–Trinajstić information content (AvgIpc) is 2.44. The van der Waals surface area contributed by atoms with Gasteiger partial charge in [0, 0.05) is 14.5 Å². The van der Waals surface area contributed by atoms with Gasteiger partial charge in [0.15, 0.2) is 0 Å². The summed E-state index contributed by atoms with van der Waals surface area (Å²) in [4.78, 5) is 0. The van der Waals surface area contributed by atoms with Crippen LogP contribution >= 0.6 is 31.9 Å². The number of rotatable bonds is 4. The van der Waals surface area contributed by atoms with E-state index in [1.165, 1.54) is 12.1 Å². The first-order chi connectivity index (χ1) is 9.56. The molecule has 0 fully saturated rings. The van der Waals surface area contributed by atoms with Crippen molar-refractivity contribution in [2.24, 2.45) is 0 Å². The Labute approximate surface area is 134 Å². The molecule has 20 heavy (non-hydrogen) atoms. The minimum absolute atomic E-state index is 0.174. The summed E-state index contributed by atoms with van der Waals surface area (Å²) in [6.07, 6.45) is 0. The van der Waals surface area contributed by atoms with E-state index in [1.807, 2.05) is 25.2 Å². The molecule has 0 radical (unpaired) electrons. The number of nitrogens with one attached hydrogen (secondary N) is 1. The van der Waals surface area contributed by atoms with Crippen LogP contribution in [0.3, 0.4) is 0 Å². The van der Waals surface area contributed by atoms with Gasteiger partial charge in [-0.3, -0.25) is 0 Å². The van der Waals surface area contributed by atoms with Gasteiger partial charge < -0.3 is 10.1 Å². The maximum Gasteiger partial charge on any atom is 0.124 e. The van der Waals surface area contributed by atoms with Gasteiger partial charge in [-0.25, -0.2) is 4.39 Å². The largest absolute Gasteiger partial charge is 0.496 e. The number of benzene rings is 2. The van der Waals surface area contributed by atoms with Gasteiger partial charge in [0.2, 0.25) is 0 Å². The predicted octanol–water partition coefficient (Wildman–Crippen LogP) is 4.67. The Balaban J connectivity index is 2.57. The highest BCUT2D eigenvalue weighted by molar-refractivity contribution is 9.11. The number of ether oxygens (including phenoxy) is 1. The van der Waals surface area contributed by atoms with Crippen LogP contribution in [0.2, 0.25) is 0 Å². The Bertz CT molecular complexity index is 619. The van der Waals surface area contributed by atoms with E-state index < -0.39 is 0 Å². The lowest BCUT2D eigenvalue weighted by molar-refractivity contribution is 0.404. The van der Waals surface area contributed by atoms with Crippen molar-refractivity contribution in [1.82, 2.24) is 5.32 Å². The van der Waals surface area contributed by atoms with E-state index in [4.69, 9.17) is 4.74 Å². The second kappa shape index (κ2) is 6.70. The molecule has 0 bridgehead atoms. The zero-order chi connectivity index (χ0) is 14.7. The highest BCUT2D eigenvalue weighted by Gasteiger charge is 2.20. The summed E-state index contributed by atoms with van der Waals surface area (Å²) < 4.78 is 20.8. The van der Waals surface area contributed by atoms with Crippen LogP contribution in [0.1, 0.15) is 17.2 Å². The number of halogens is 3. The van der Waals surface area contributed by atoms with Crippen molar-refractivity contribution in [3.63, 3.8) is 0 Å². The molecule has 0 amide bonds. The fraction of sp³-hybridized carbons (Fsp3) is 0.200. The molecule has 1 N–H and O–H groups in total. The lowest BCUT2D eigenvalue weighted by atomic mass is 9.98. The quantitative estimate of drug-likeness (QED) is 0.802. The molecule has 106 valence electrons. The van der Waals surface area contributed by atoms with E-state index in [0.29, 0.717) is 5.75 Å². The van der Waals surface area contributed by atoms with E-state index in [1.54, 1.807) is 13.2 Å². The van der Waals surface area contributed by atoms with E-state index in [-0.39, 0.29) is 11.9 Å². The summed E-state index contributed by atoms with van der Waals surface area (Å²) in [5, 5.41) is 3.21. The Hall–Kier alpha value is -0.910. The van der Waals surface area contributed by atoms with Crippen LogP contribution in [0.5, 0.6) is 5.75 Å². The fourth-order valence-electron chi connectivity index (χ4n) is 2.15. The first-order valence-electron chi connectivity index (χ1n) is 6.02. The number of hydrogen-bond donors (Lipinski definition) is 1. The zero-order valence-corrected chi connectivity index (χ0v) is 14.3. The Morgan fingerprint density at radius 3 is 2.50 bits per heavy atom. The minimum Gasteiger partial charge on any atom is -0.496 e. The van der Waals surface area contributed by atoms with Gasteiger partial charge in [-0.05, 0) is 49.0 Å². The maximum absolute atomic E-state index is 13.6. The SMILES string of the molecule is CNC(c1cc(Br)ccc1Br)c1cc(F)ccc1OC. The van der Waals surface area contributed by atoms with Crippen molar-refractivity contribution >= 4 is 31.9 Å². The van der Waals surface area contributed by atoms with Gasteiger partial charge in [-0.2, -0.15) is 0 Å². The standard InChI is InChI=1S/C15H14Br2FNO/c1-19-15(11-7-9(16)3-5-13(11)17)12-8-10(18)4-6-14(12)20-2/h3-8,15,19H,1-2H3. The van der Waals surface area contributed by atoms with Crippen molar-refractivity contribution in [3.05, 3.63) is 62.3 Å². The van der Waals surface area contributed by atoms with Crippen LogP contribution in [-0.2, 0) is 0 Å². The summed E-state index contributed by atoms with van der Waals surface area (Å²) in [5.41, 5.74) is 1.76. The third-order valence-corrected chi connectivity index (χ3v) is 4.28. The second-order valence-electron chi connectivity index (χ2n) is 4.27. The fourth-order valence-corrected chi connectivity index (χ4v) is 3.00. The van der Waals surface area contributed by atoms with Crippen LogP contribution in [-0.4, -0.2) is 14.2 Å². The van der Waals surface area contributed by atoms with E-state index in [2.05, 4.69) is 37.2 Å². The van der Waals surface area contributed by atoms with Gasteiger partial charge >= 0.3 is 0 Å². The van der Waals surface area contributed by atoms with Crippen molar-refractivity contribution in [2.45, 2.75) is 6.04 Å². The van der Waals surface area contributed by atoms with E-state index in [0.717, 1.165) is 20.1 Å². The van der Waals surface area contributed by atoms with Gasteiger partial charge in [0.1, 0.15) is 11.6 Å². The van der Waals surface area contributed by atoms with E-state index in [9.17, 15) is 4.39 Å². The zero-order valence-electron chi connectivity index (χ0n) is 11.1.